The molecule has 0 bridgehead atoms. The number of carbonyl (C=O) groups excluding carboxylic acids is 2. The third kappa shape index (κ3) is 3.15. The lowest BCUT2D eigenvalue weighted by Crippen LogP contribution is -2.40. The van der Waals surface area contributed by atoms with Gasteiger partial charge in [-0.2, -0.15) is 5.01 Å². The Morgan fingerprint density at radius 1 is 1.09 bits per heavy atom. The van der Waals surface area contributed by atoms with Gasteiger partial charge in [-0.15, -0.1) is 0 Å². The highest BCUT2D eigenvalue weighted by Crippen LogP contribution is 2.23. The number of rotatable bonds is 3. The van der Waals surface area contributed by atoms with Crippen molar-refractivity contribution in [3.63, 3.8) is 0 Å². The van der Waals surface area contributed by atoms with Crippen LogP contribution in [0.15, 0.2) is 60.7 Å². The van der Waals surface area contributed by atoms with Crippen LogP contribution in [0.4, 0.5) is 4.79 Å². The Balaban J connectivity index is 1.60. The molecule has 1 heterocycles. The molecule has 112 valence electrons. The third-order valence-electron chi connectivity index (χ3n) is 3.50. The van der Waals surface area contributed by atoms with Gasteiger partial charge >= 0.3 is 6.09 Å². The highest BCUT2D eigenvalue weighted by Gasteiger charge is 2.35. The van der Waals surface area contributed by atoms with E-state index in [0.717, 1.165) is 16.1 Å². The zero-order valence-electron chi connectivity index (χ0n) is 11.9. The number of amides is 2. The van der Waals surface area contributed by atoms with Gasteiger partial charge in [0.2, 0.25) is 5.91 Å². The van der Waals surface area contributed by atoms with Crippen molar-refractivity contribution >= 4 is 12.0 Å². The minimum atomic E-state index is -0.674. The average Bonchev–Trinajstić information content (AvgIpc) is 2.96. The van der Waals surface area contributed by atoms with Crippen LogP contribution in [0.1, 0.15) is 23.6 Å². The molecule has 1 aliphatic rings. The standard InChI is InChI=1S/C17H16N2O3/c20-16-11-15(14-9-5-2-6-10-14)18-19(16)17(21)22-12-13-7-3-1-4-8-13/h1-10,15,18H,11-12H2/t15-/m1/s1. The van der Waals surface area contributed by atoms with Crippen LogP contribution in [-0.4, -0.2) is 17.0 Å². The quantitative estimate of drug-likeness (QED) is 0.946. The van der Waals surface area contributed by atoms with Crippen LogP contribution >= 0.6 is 0 Å². The minimum absolute atomic E-state index is 0.140. The second-order valence-corrected chi connectivity index (χ2v) is 5.07. The molecule has 0 aromatic heterocycles. The predicted octanol–water partition coefficient (Wildman–Crippen LogP) is 2.80. The molecule has 1 aliphatic heterocycles. The highest BCUT2D eigenvalue weighted by atomic mass is 16.6. The topological polar surface area (TPSA) is 58.6 Å². The van der Waals surface area contributed by atoms with Crippen LogP contribution in [-0.2, 0) is 16.1 Å². The Hall–Kier alpha value is -2.66. The molecule has 22 heavy (non-hydrogen) atoms. The lowest BCUT2D eigenvalue weighted by Gasteiger charge is -2.16. The number of carbonyl (C=O) groups is 2. The molecule has 1 saturated heterocycles. The fourth-order valence-corrected chi connectivity index (χ4v) is 2.36. The number of nitrogens with zero attached hydrogens (tertiary/aromatic N) is 1. The molecule has 2 aromatic carbocycles. The number of imide groups is 1. The summed E-state index contributed by atoms with van der Waals surface area (Å²) in [7, 11) is 0. The second kappa shape index (κ2) is 6.41. The molecule has 2 aromatic rings. The molecule has 0 aliphatic carbocycles. The van der Waals surface area contributed by atoms with Crippen molar-refractivity contribution in [3.8, 4) is 0 Å². The lowest BCUT2D eigenvalue weighted by molar-refractivity contribution is -0.127. The molecule has 0 saturated carbocycles. The summed E-state index contributed by atoms with van der Waals surface area (Å²) < 4.78 is 5.17. The SMILES string of the molecule is O=C1C[C@H](c2ccccc2)NN1C(=O)OCc1ccccc1. The summed E-state index contributed by atoms with van der Waals surface area (Å²) in [6.07, 6.45) is -0.433. The van der Waals surface area contributed by atoms with E-state index in [1.54, 1.807) is 0 Å². The van der Waals surface area contributed by atoms with Gasteiger partial charge in [0.1, 0.15) is 6.61 Å². The largest absolute Gasteiger partial charge is 0.443 e. The molecule has 1 N–H and O–H groups in total. The van der Waals surface area contributed by atoms with E-state index in [1.807, 2.05) is 60.7 Å². The summed E-state index contributed by atoms with van der Waals surface area (Å²) in [6, 6.07) is 18.7. The maximum Gasteiger partial charge on any atom is 0.431 e. The van der Waals surface area contributed by atoms with Crippen molar-refractivity contribution in [3.05, 3.63) is 71.8 Å². The first kappa shape index (κ1) is 14.3. The molecule has 2 amide bonds. The summed E-state index contributed by atoms with van der Waals surface area (Å²) in [4.78, 5) is 24.0. The van der Waals surface area contributed by atoms with Gasteiger partial charge in [-0.05, 0) is 11.1 Å². The summed E-state index contributed by atoms with van der Waals surface area (Å²) in [5.41, 5.74) is 4.75. The molecule has 0 spiro atoms. The maximum absolute atomic E-state index is 12.0. The van der Waals surface area contributed by atoms with Gasteiger partial charge in [-0.3, -0.25) is 4.79 Å². The van der Waals surface area contributed by atoms with E-state index in [2.05, 4.69) is 5.43 Å². The summed E-state index contributed by atoms with van der Waals surface area (Å²) >= 11 is 0. The van der Waals surface area contributed by atoms with E-state index in [1.165, 1.54) is 0 Å². The van der Waals surface area contributed by atoms with E-state index in [9.17, 15) is 9.59 Å². The first-order chi connectivity index (χ1) is 10.7. The zero-order valence-corrected chi connectivity index (χ0v) is 11.9. The van der Waals surface area contributed by atoms with Gasteiger partial charge in [0, 0.05) is 6.42 Å². The number of benzene rings is 2. The van der Waals surface area contributed by atoms with Crippen LogP contribution in [0.2, 0.25) is 0 Å². The van der Waals surface area contributed by atoms with Crippen LogP contribution < -0.4 is 5.43 Å². The molecular formula is C17H16N2O3. The number of hydrogen-bond donors (Lipinski definition) is 1. The molecule has 3 rings (SSSR count). The number of ether oxygens (including phenoxy) is 1. The summed E-state index contributed by atoms with van der Waals surface area (Å²) in [6.45, 7) is 0.140. The van der Waals surface area contributed by atoms with Crippen molar-refractivity contribution < 1.29 is 14.3 Å². The Bertz CT molecular complexity index is 658. The molecule has 5 heteroatoms. The third-order valence-corrected chi connectivity index (χ3v) is 3.50. The fraction of sp³-hybridized carbons (Fsp3) is 0.176. The van der Waals surface area contributed by atoms with Crippen molar-refractivity contribution in [1.29, 1.82) is 0 Å². The molecule has 0 radical (unpaired) electrons. The number of nitrogens with one attached hydrogen (secondary N) is 1. The first-order valence-corrected chi connectivity index (χ1v) is 7.09. The molecule has 1 fully saturated rings. The smallest absolute Gasteiger partial charge is 0.431 e. The summed E-state index contributed by atoms with van der Waals surface area (Å²) in [5.74, 6) is -0.285. The second-order valence-electron chi connectivity index (χ2n) is 5.07. The molecule has 5 nitrogen and oxygen atoms in total. The van der Waals surface area contributed by atoms with Crippen molar-refractivity contribution in [1.82, 2.24) is 10.4 Å². The Kier molecular flexibility index (Phi) is 4.16. The monoisotopic (exact) mass is 296 g/mol. The van der Waals surface area contributed by atoms with Crippen LogP contribution in [0.3, 0.4) is 0 Å². The Morgan fingerprint density at radius 3 is 2.41 bits per heavy atom. The van der Waals surface area contributed by atoms with Gasteiger partial charge in [-0.1, -0.05) is 60.7 Å². The van der Waals surface area contributed by atoms with E-state index in [0.29, 0.717) is 0 Å². The van der Waals surface area contributed by atoms with Crippen LogP contribution in [0, 0.1) is 0 Å². The maximum atomic E-state index is 12.0. The van der Waals surface area contributed by atoms with Gasteiger partial charge in [-0.25, -0.2) is 10.2 Å². The number of hydrogen-bond acceptors (Lipinski definition) is 4. The summed E-state index contributed by atoms with van der Waals surface area (Å²) in [5, 5.41) is 0.959. The Labute approximate surface area is 128 Å². The lowest BCUT2D eigenvalue weighted by atomic mass is 10.1. The van der Waals surface area contributed by atoms with E-state index in [4.69, 9.17) is 4.74 Å². The average molecular weight is 296 g/mol. The van der Waals surface area contributed by atoms with Crippen LogP contribution in [0.5, 0.6) is 0 Å². The fourth-order valence-electron chi connectivity index (χ4n) is 2.36. The van der Waals surface area contributed by atoms with Gasteiger partial charge in [0.05, 0.1) is 6.04 Å². The molecule has 0 unspecified atom stereocenters. The van der Waals surface area contributed by atoms with Crippen molar-refractivity contribution in [2.24, 2.45) is 0 Å². The van der Waals surface area contributed by atoms with Gasteiger partial charge in [0.15, 0.2) is 0 Å². The van der Waals surface area contributed by atoms with E-state index < -0.39 is 6.09 Å². The van der Waals surface area contributed by atoms with E-state index in [-0.39, 0.29) is 25.0 Å². The molecular weight excluding hydrogens is 280 g/mol. The van der Waals surface area contributed by atoms with Crippen molar-refractivity contribution in [2.45, 2.75) is 19.1 Å². The van der Waals surface area contributed by atoms with Crippen LogP contribution in [0.25, 0.3) is 0 Å². The van der Waals surface area contributed by atoms with Crippen molar-refractivity contribution in [2.75, 3.05) is 0 Å². The predicted molar refractivity (Wildman–Crippen MR) is 80.4 cm³/mol. The minimum Gasteiger partial charge on any atom is -0.443 e. The Morgan fingerprint density at radius 2 is 1.73 bits per heavy atom. The number of hydrazine groups is 1. The molecule has 1 atom stereocenters. The normalized spacial score (nSPS) is 17.5. The van der Waals surface area contributed by atoms with Gasteiger partial charge < -0.3 is 4.74 Å². The first-order valence-electron chi connectivity index (χ1n) is 7.09. The highest BCUT2D eigenvalue weighted by molar-refractivity contribution is 5.93. The van der Waals surface area contributed by atoms with E-state index >= 15 is 0 Å². The van der Waals surface area contributed by atoms with Gasteiger partial charge in [0.25, 0.3) is 0 Å². The zero-order chi connectivity index (χ0) is 15.4.